The summed E-state index contributed by atoms with van der Waals surface area (Å²) in [5.74, 6) is 0.401. The van der Waals surface area contributed by atoms with Crippen molar-refractivity contribution < 1.29 is 10.2 Å². The Balaban J connectivity index is 2.26. The molecule has 0 radical (unpaired) electrons. The lowest BCUT2D eigenvalue weighted by Crippen LogP contribution is -1.89. The van der Waals surface area contributed by atoms with Crippen LogP contribution in [0.25, 0.3) is 0 Å². The van der Waals surface area contributed by atoms with Crippen molar-refractivity contribution in [2.24, 2.45) is 0 Å². The summed E-state index contributed by atoms with van der Waals surface area (Å²) in [6.45, 7) is 2.04. The van der Waals surface area contributed by atoms with Gasteiger partial charge in [-0.2, -0.15) is 0 Å². The quantitative estimate of drug-likeness (QED) is 0.754. The van der Waals surface area contributed by atoms with Crippen LogP contribution in [0.15, 0.2) is 42.5 Å². The van der Waals surface area contributed by atoms with Crippen molar-refractivity contribution in [3.63, 3.8) is 0 Å². The average Bonchev–Trinajstić information content (AvgIpc) is 2.27. The van der Waals surface area contributed by atoms with Crippen LogP contribution in [0, 0.1) is 6.92 Å². The Bertz CT molecular complexity index is 487. The van der Waals surface area contributed by atoms with E-state index in [1.807, 2.05) is 31.2 Å². The Hall–Kier alpha value is -1.96. The third-order valence-electron chi connectivity index (χ3n) is 2.58. The van der Waals surface area contributed by atoms with E-state index >= 15 is 0 Å². The first-order valence-corrected chi connectivity index (χ1v) is 5.21. The maximum atomic E-state index is 9.64. The minimum Gasteiger partial charge on any atom is -0.508 e. The van der Waals surface area contributed by atoms with Gasteiger partial charge in [-0.1, -0.05) is 29.8 Å². The predicted molar refractivity (Wildman–Crippen MR) is 63.8 cm³/mol. The normalized spacial score (nSPS) is 10.3. The van der Waals surface area contributed by atoms with Crippen molar-refractivity contribution in [3.8, 4) is 11.5 Å². The maximum Gasteiger partial charge on any atom is 0.119 e. The molecule has 2 N–H and O–H groups in total. The second-order valence-electron chi connectivity index (χ2n) is 3.98. The van der Waals surface area contributed by atoms with E-state index in [-0.39, 0.29) is 11.5 Å². The van der Waals surface area contributed by atoms with E-state index < -0.39 is 0 Å². The van der Waals surface area contributed by atoms with Crippen molar-refractivity contribution in [1.82, 2.24) is 0 Å². The highest BCUT2D eigenvalue weighted by Gasteiger charge is 2.03. The van der Waals surface area contributed by atoms with E-state index in [4.69, 9.17) is 0 Å². The van der Waals surface area contributed by atoms with Crippen molar-refractivity contribution in [1.29, 1.82) is 0 Å². The molecule has 0 aromatic heterocycles. The zero-order chi connectivity index (χ0) is 11.5. The number of benzene rings is 2. The van der Waals surface area contributed by atoms with Gasteiger partial charge in [0.25, 0.3) is 0 Å². The van der Waals surface area contributed by atoms with Gasteiger partial charge in [0.2, 0.25) is 0 Å². The summed E-state index contributed by atoms with van der Waals surface area (Å²) in [4.78, 5) is 0. The van der Waals surface area contributed by atoms with E-state index in [1.54, 1.807) is 6.07 Å². The highest BCUT2D eigenvalue weighted by Crippen LogP contribution is 2.24. The minimum absolute atomic E-state index is 0.180. The van der Waals surface area contributed by atoms with E-state index in [1.165, 1.54) is 17.7 Å². The lowest BCUT2D eigenvalue weighted by Gasteiger charge is -2.05. The Morgan fingerprint density at radius 2 is 1.62 bits per heavy atom. The smallest absolute Gasteiger partial charge is 0.119 e. The summed E-state index contributed by atoms with van der Waals surface area (Å²) in [7, 11) is 0. The minimum atomic E-state index is 0.180. The summed E-state index contributed by atoms with van der Waals surface area (Å²) < 4.78 is 0. The standard InChI is InChI=1S/C14H14O2/c1-10-2-4-11(5-3-10)8-12-9-13(15)6-7-14(12)16/h2-7,9,15-16H,8H2,1H3. The van der Waals surface area contributed by atoms with Crippen LogP contribution < -0.4 is 0 Å². The van der Waals surface area contributed by atoms with Gasteiger partial charge < -0.3 is 10.2 Å². The Kier molecular flexibility index (Phi) is 2.82. The van der Waals surface area contributed by atoms with Gasteiger partial charge in [-0.25, -0.2) is 0 Å². The molecule has 2 aromatic carbocycles. The number of phenols is 2. The summed E-state index contributed by atoms with van der Waals surface area (Å²) in [6, 6.07) is 12.7. The lowest BCUT2D eigenvalue weighted by atomic mass is 10.0. The molecule has 0 aliphatic rings. The Labute approximate surface area is 94.8 Å². The molecule has 16 heavy (non-hydrogen) atoms. The fourth-order valence-corrected chi connectivity index (χ4v) is 1.64. The number of hydrogen-bond donors (Lipinski definition) is 2. The molecule has 0 heterocycles. The molecule has 2 nitrogen and oxygen atoms in total. The summed E-state index contributed by atoms with van der Waals surface area (Å²) >= 11 is 0. The van der Waals surface area contributed by atoms with Crippen molar-refractivity contribution in [2.75, 3.05) is 0 Å². The van der Waals surface area contributed by atoms with E-state index in [9.17, 15) is 10.2 Å². The fraction of sp³-hybridized carbons (Fsp3) is 0.143. The number of aryl methyl sites for hydroxylation is 1. The van der Waals surface area contributed by atoms with Gasteiger partial charge in [-0.05, 0) is 30.7 Å². The van der Waals surface area contributed by atoms with Crippen LogP contribution in [-0.4, -0.2) is 10.2 Å². The molecule has 0 aliphatic heterocycles. The van der Waals surface area contributed by atoms with Crippen LogP contribution in [0.2, 0.25) is 0 Å². The largest absolute Gasteiger partial charge is 0.508 e. The summed E-state index contributed by atoms with van der Waals surface area (Å²) in [5, 5.41) is 19.0. The SMILES string of the molecule is Cc1ccc(Cc2cc(O)ccc2O)cc1. The Morgan fingerprint density at radius 3 is 2.31 bits per heavy atom. The molecular formula is C14H14O2. The number of rotatable bonds is 2. The highest BCUT2D eigenvalue weighted by molar-refractivity contribution is 5.41. The lowest BCUT2D eigenvalue weighted by molar-refractivity contribution is 0.455. The van der Waals surface area contributed by atoms with E-state index in [2.05, 4.69) is 0 Å². The zero-order valence-electron chi connectivity index (χ0n) is 9.14. The molecule has 0 unspecified atom stereocenters. The van der Waals surface area contributed by atoms with Crippen molar-refractivity contribution in [3.05, 3.63) is 59.2 Å². The van der Waals surface area contributed by atoms with Gasteiger partial charge >= 0.3 is 0 Å². The van der Waals surface area contributed by atoms with E-state index in [0.717, 1.165) is 11.1 Å². The van der Waals surface area contributed by atoms with Crippen LogP contribution in [0.4, 0.5) is 0 Å². The third-order valence-corrected chi connectivity index (χ3v) is 2.58. The van der Waals surface area contributed by atoms with Crippen LogP contribution in [0.5, 0.6) is 11.5 Å². The first kappa shape index (κ1) is 10.6. The van der Waals surface area contributed by atoms with Crippen molar-refractivity contribution in [2.45, 2.75) is 13.3 Å². The van der Waals surface area contributed by atoms with Crippen LogP contribution >= 0.6 is 0 Å². The van der Waals surface area contributed by atoms with Gasteiger partial charge in [-0.3, -0.25) is 0 Å². The van der Waals surface area contributed by atoms with Gasteiger partial charge in [0.15, 0.2) is 0 Å². The number of aromatic hydroxyl groups is 2. The van der Waals surface area contributed by atoms with Crippen LogP contribution in [0.1, 0.15) is 16.7 Å². The highest BCUT2D eigenvalue weighted by atomic mass is 16.3. The third kappa shape index (κ3) is 2.34. The molecule has 2 rings (SSSR count). The van der Waals surface area contributed by atoms with Gasteiger partial charge in [0, 0.05) is 12.0 Å². The monoisotopic (exact) mass is 214 g/mol. The van der Waals surface area contributed by atoms with Crippen molar-refractivity contribution >= 4 is 0 Å². The molecule has 0 amide bonds. The number of hydrogen-bond acceptors (Lipinski definition) is 2. The molecule has 0 saturated carbocycles. The predicted octanol–water partition coefficient (Wildman–Crippen LogP) is 3.00. The molecule has 0 atom stereocenters. The molecule has 2 aromatic rings. The molecule has 0 aliphatic carbocycles. The molecule has 0 spiro atoms. The first-order chi connectivity index (χ1) is 7.65. The second kappa shape index (κ2) is 4.27. The molecule has 0 fully saturated rings. The van der Waals surface area contributed by atoms with Crippen LogP contribution in [-0.2, 0) is 6.42 Å². The van der Waals surface area contributed by atoms with Crippen LogP contribution in [0.3, 0.4) is 0 Å². The maximum absolute atomic E-state index is 9.64. The van der Waals surface area contributed by atoms with Gasteiger partial charge in [0.1, 0.15) is 11.5 Å². The second-order valence-corrected chi connectivity index (χ2v) is 3.98. The summed E-state index contributed by atoms with van der Waals surface area (Å²) in [5.41, 5.74) is 3.07. The number of phenolic OH excluding ortho intramolecular Hbond substituents is 2. The molecular weight excluding hydrogens is 200 g/mol. The topological polar surface area (TPSA) is 40.5 Å². The molecule has 0 bridgehead atoms. The van der Waals surface area contributed by atoms with Gasteiger partial charge in [-0.15, -0.1) is 0 Å². The molecule has 82 valence electrons. The fourth-order valence-electron chi connectivity index (χ4n) is 1.64. The first-order valence-electron chi connectivity index (χ1n) is 5.21. The average molecular weight is 214 g/mol. The van der Waals surface area contributed by atoms with E-state index in [0.29, 0.717) is 6.42 Å². The Morgan fingerprint density at radius 1 is 0.938 bits per heavy atom. The molecule has 2 heteroatoms. The van der Waals surface area contributed by atoms with Gasteiger partial charge in [0.05, 0.1) is 0 Å². The molecule has 0 saturated heterocycles. The zero-order valence-corrected chi connectivity index (χ0v) is 9.14. The summed E-state index contributed by atoms with van der Waals surface area (Å²) in [6.07, 6.45) is 0.626.